The Morgan fingerprint density at radius 1 is 0.976 bits per heavy atom. The molecule has 0 radical (unpaired) electrons. The second-order valence-corrected chi connectivity index (χ2v) is 10.4. The molecular formula is C35H60N2O4. The highest BCUT2D eigenvalue weighted by Gasteiger charge is 2.26. The molecule has 1 aromatic carbocycles. The summed E-state index contributed by atoms with van der Waals surface area (Å²) < 4.78 is 5.55. The Balaban J connectivity index is 0.00000103. The van der Waals surface area contributed by atoms with Crippen molar-refractivity contribution in [2.45, 2.75) is 118 Å². The smallest absolute Gasteiger partial charge is 0.251 e. The van der Waals surface area contributed by atoms with Crippen molar-refractivity contribution in [1.29, 1.82) is 0 Å². The van der Waals surface area contributed by atoms with Gasteiger partial charge in [-0.05, 0) is 56.2 Å². The summed E-state index contributed by atoms with van der Waals surface area (Å²) in [6.45, 7) is 17.4. The molecule has 1 unspecified atom stereocenters. The van der Waals surface area contributed by atoms with Gasteiger partial charge < -0.3 is 15.0 Å². The summed E-state index contributed by atoms with van der Waals surface area (Å²) in [5.41, 5.74) is 1.61. The maximum absolute atomic E-state index is 12.4. The number of ether oxygens (including phenoxy) is 1. The van der Waals surface area contributed by atoms with Gasteiger partial charge in [-0.2, -0.15) is 0 Å². The molecule has 6 nitrogen and oxygen atoms in total. The maximum Gasteiger partial charge on any atom is 0.251 e. The number of Topliss-reactive ketones (excluding diaryl/α,β-unsaturated/α-hetero) is 1. The molecule has 1 aromatic rings. The van der Waals surface area contributed by atoms with Crippen LogP contribution in [0.1, 0.15) is 134 Å². The van der Waals surface area contributed by atoms with Crippen LogP contribution in [0.25, 0.3) is 0 Å². The third kappa shape index (κ3) is 17.8. The SMILES string of the molecule is C1CCCCC1.C=CC.CC.CC.CCC(=O)CNC(=O)c1cccc(C2CCCN(C(=O)COCC3CC3)C2)c1. The molecule has 0 bridgehead atoms. The molecule has 1 heterocycles. The number of benzene rings is 1. The number of hydrogen-bond donors (Lipinski definition) is 1. The first-order valence-electron chi connectivity index (χ1n) is 16.3. The minimum atomic E-state index is -0.235. The normalized spacial score (nSPS) is 17.3. The van der Waals surface area contributed by atoms with Crippen LogP contribution in [-0.4, -0.2) is 55.3 Å². The molecule has 2 aliphatic carbocycles. The fourth-order valence-corrected chi connectivity index (χ4v) is 4.56. The number of allylic oxidation sites excluding steroid dienone is 1. The minimum absolute atomic E-state index is 0.00911. The van der Waals surface area contributed by atoms with E-state index in [-0.39, 0.29) is 36.7 Å². The number of nitrogens with one attached hydrogen (secondary N) is 1. The number of amides is 2. The van der Waals surface area contributed by atoms with Crippen LogP contribution < -0.4 is 5.32 Å². The average Bonchev–Trinajstić information content (AvgIpc) is 3.88. The molecule has 4 rings (SSSR count). The molecule has 3 aliphatic rings. The number of piperidine rings is 1. The highest BCUT2D eigenvalue weighted by Crippen LogP contribution is 2.29. The molecule has 41 heavy (non-hydrogen) atoms. The fourth-order valence-electron chi connectivity index (χ4n) is 4.56. The van der Waals surface area contributed by atoms with E-state index < -0.39 is 0 Å². The van der Waals surface area contributed by atoms with Crippen molar-refractivity contribution >= 4 is 17.6 Å². The molecular weight excluding hydrogens is 512 g/mol. The summed E-state index contributed by atoms with van der Waals surface area (Å²) in [6.07, 6.45) is 15.5. The van der Waals surface area contributed by atoms with Crippen molar-refractivity contribution in [3.8, 4) is 0 Å². The summed E-state index contributed by atoms with van der Waals surface area (Å²) in [5.74, 6) is 0.697. The van der Waals surface area contributed by atoms with E-state index in [1.165, 1.54) is 51.4 Å². The molecule has 6 heteroatoms. The predicted molar refractivity (Wildman–Crippen MR) is 172 cm³/mol. The van der Waals surface area contributed by atoms with Crippen LogP contribution in [0.2, 0.25) is 0 Å². The van der Waals surface area contributed by atoms with Crippen molar-refractivity contribution in [1.82, 2.24) is 10.2 Å². The summed E-state index contributed by atoms with van der Waals surface area (Å²) in [4.78, 5) is 38.0. The number of hydrogen-bond acceptors (Lipinski definition) is 4. The number of carbonyl (C=O) groups is 3. The number of ketones is 1. The maximum atomic E-state index is 12.4. The van der Waals surface area contributed by atoms with Crippen LogP contribution in [0.3, 0.4) is 0 Å². The van der Waals surface area contributed by atoms with E-state index in [0.717, 1.165) is 24.9 Å². The van der Waals surface area contributed by atoms with Gasteiger partial charge in [0.15, 0.2) is 5.78 Å². The number of nitrogens with zero attached hydrogens (tertiary/aromatic N) is 1. The van der Waals surface area contributed by atoms with Crippen LogP contribution in [0.5, 0.6) is 0 Å². The first-order chi connectivity index (χ1) is 20.0. The lowest BCUT2D eigenvalue weighted by molar-refractivity contribution is -0.137. The Morgan fingerprint density at radius 3 is 2.10 bits per heavy atom. The highest BCUT2D eigenvalue weighted by molar-refractivity contribution is 5.96. The van der Waals surface area contributed by atoms with Gasteiger partial charge in [-0.15, -0.1) is 6.58 Å². The second kappa shape index (κ2) is 25.3. The lowest BCUT2D eigenvalue weighted by Crippen LogP contribution is -2.41. The lowest BCUT2D eigenvalue weighted by atomic mass is 9.89. The van der Waals surface area contributed by atoms with Gasteiger partial charge in [-0.25, -0.2) is 0 Å². The summed E-state index contributed by atoms with van der Waals surface area (Å²) in [6, 6.07) is 7.52. The van der Waals surface area contributed by atoms with E-state index >= 15 is 0 Å². The average molecular weight is 573 g/mol. The van der Waals surface area contributed by atoms with Crippen LogP contribution in [-0.2, 0) is 14.3 Å². The molecule has 1 saturated heterocycles. The van der Waals surface area contributed by atoms with Crippen molar-refractivity contribution in [2.24, 2.45) is 5.92 Å². The Kier molecular flexibility index (Phi) is 23.7. The fraction of sp³-hybridized carbons (Fsp3) is 0.686. The van der Waals surface area contributed by atoms with Gasteiger partial charge in [0.25, 0.3) is 5.91 Å². The zero-order valence-electron chi connectivity index (χ0n) is 27.1. The van der Waals surface area contributed by atoms with E-state index in [1.54, 1.807) is 19.1 Å². The van der Waals surface area contributed by atoms with E-state index in [4.69, 9.17) is 4.74 Å². The van der Waals surface area contributed by atoms with Gasteiger partial charge in [-0.1, -0.05) is 91.4 Å². The van der Waals surface area contributed by atoms with Crippen molar-refractivity contribution in [2.75, 3.05) is 32.8 Å². The third-order valence-electron chi connectivity index (χ3n) is 7.01. The first-order valence-corrected chi connectivity index (χ1v) is 16.3. The lowest BCUT2D eigenvalue weighted by Gasteiger charge is -2.33. The van der Waals surface area contributed by atoms with E-state index in [2.05, 4.69) is 11.9 Å². The van der Waals surface area contributed by atoms with E-state index in [9.17, 15) is 14.4 Å². The van der Waals surface area contributed by atoms with Gasteiger partial charge in [0.05, 0.1) is 13.2 Å². The molecule has 234 valence electrons. The van der Waals surface area contributed by atoms with Crippen LogP contribution >= 0.6 is 0 Å². The van der Waals surface area contributed by atoms with Crippen LogP contribution in [0.15, 0.2) is 36.9 Å². The molecule has 2 saturated carbocycles. The third-order valence-corrected chi connectivity index (χ3v) is 7.01. The molecule has 2 amide bonds. The molecule has 0 spiro atoms. The first kappa shape index (κ1) is 38.5. The number of carbonyl (C=O) groups excluding carboxylic acids is 3. The van der Waals surface area contributed by atoms with E-state index in [1.807, 2.05) is 57.7 Å². The van der Waals surface area contributed by atoms with Crippen LogP contribution in [0.4, 0.5) is 0 Å². The Hall–Kier alpha value is -2.47. The zero-order chi connectivity index (χ0) is 30.9. The van der Waals surface area contributed by atoms with Crippen LogP contribution in [0, 0.1) is 5.92 Å². The van der Waals surface area contributed by atoms with Crippen molar-refractivity contribution in [3.05, 3.63) is 48.0 Å². The molecule has 3 fully saturated rings. The molecule has 0 aromatic heterocycles. The topological polar surface area (TPSA) is 75.7 Å². The van der Waals surface area contributed by atoms with Gasteiger partial charge in [0, 0.05) is 31.0 Å². The zero-order valence-corrected chi connectivity index (χ0v) is 27.1. The Bertz CT molecular complexity index is 835. The van der Waals surface area contributed by atoms with Gasteiger partial charge in [0.2, 0.25) is 5.91 Å². The Labute approximate surface area is 251 Å². The van der Waals surface area contributed by atoms with Gasteiger partial charge in [-0.3, -0.25) is 14.4 Å². The number of likely N-dealkylation sites (tertiary alicyclic amines) is 1. The molecule has 1 atom stereocenters. The summed E-state index contributed by atoms with van der Waals surface area (Å²) in [5, 5.41) is 2.67. The molecule has 1 aliphatic heterocycles. The predicted octanol–water partition coefficient (Wildman–Crippen LogP) is 8.11. The van der Waals surface area contributed by atoms with Gasteiger partial charge in [0.1, 0.15) is 6.61 Å². The standard InChI is InChI=1S/C22H30N2O4.C6H12.C3H6.2C2H6/c1-2-20(25)12-23-22(27)18-6-3-5-17(11-18)19-7-4-10-24(13-19)21(26)15-28-14-16-8-9-16;1-2-4-6-5-3-1;1-3-2;2*1-2/h3,5-6,11,16,19H,2,4,7-10,12-15H2,1H3,(H,23,27);1-6H2;3H,1H2,2H3;2*1-2H3. The molecule has 1 N–H and O–H groups in total. The number of rotatable bonds is 9. The second-order valence-electron chi connectivity index (χ2n) is 10.4. The quantitative estimate of drug-likeness (QED) is 0.303. The monoisotopic (exact) mass is 572 g/mol. The van der Waals surface area contributed by atoms with Crippen molar-refractivity contribution < 1.29 is 19.1 Å². The highest BCUT2D eigenvalue weighted by atomic mass is 16.5. The van der Waals surface area contributed by atoms with Crippen molar-refractivity contribution in [3.63, 3.8) is 0 Å². The van der Waals surface area contributed by atoms with E-state index in [0.29, 0.717) is 31.1 Å². The summed E-state index contributed by atoms with van der Waals surface area (Å²) >= 11 is 0. The summed E-state index contributed by atoms with van der Waals surface area (Å²) in [7, 11) is 0. The largest absolute Gasteiger partial charge is 0.371 e. The minimum Gasteiger partial charge on any atom is -0.371 e. The Morgan fingerprint density at radius 2 is 1.56 bits per heavy atom. The van der Waals surface area contributed by atoms with Gasteiger partial charge >= 0.3 is 0 Å².